The maximum atomic E-state index is 13.0. The first-order valence-electron chi connectivity index (χ1n) is 10.2. The van der Waals surface area contributed by atoms with Crippen LogP contribution in [0.4, 0.5) is 0 Å². The molecule has 9 heteroatoms. The Kier molecular flexibility index (Phi) is 5.65. The first-order valence-corrected chi connectivity index (χ1v) is 12.0. The first kappa shape index (κ1) is 21.3. The number of thioether (sulfide) groups is 1. The van der Waals surface area contributed by atoms with Crippen LogP contribution in [-0.2, 0) is 17.1 Å². The Morgan fingerprint density at radius 2 is 1.79 bits per heavy atom. The fourth-order valence-corrected chi connectivity index (χ4v) is 5.77. The molecule has 164 valence electrons. The van der Waals surface area contributed by atoms with E-state index < -0.39 is 5.91 Å². The van der Waals surface area contributed by atoms with E-state index in [0.29, 0.717) is 28.3 Å². The molecule has 5 rings (SSSR count). The molecule has 0 spiro atoms. The van der Waals surface area contributed by atoms with Crippen LogP contribution in [0.2, 0.25) is 0 Å². The van der Waals surface area contributed by atoms with E-state index in [2.05, 4.69) is 33.2 Å². The molecule has 0 aliphatic heterocycles. The summed E-state index contributed by atoms with van der Waals surface area (Å²) in [6.07, 6.45) is 0. The average molecular weight is 474 g/mol. The van der Waals surface area contributed by atoms with Gasteiger partial charge in [-0.2, -0.15) is 0 Å². The molecule has 0 atom stereocenters. The lowest BCUT2D eigenvalue weighted by Crippen LogP contribution is -2.31. The van der Waals surface area contributed by atoms with Crippen molar-refractivity contribution in [2.24, 2.45) is 5.73 Å². The third-order valence-electron chi connectivity index (χ3n) is 5.12. The van der Waals surface area contributed by atoms with Crippen LogP contribution in [0.1, 0.15) is 11.6 Å². The van der Waals surface area contributed by atoms with Crippen molar-refractivity contribution < 1.29 is 4.79 Å². The molecule has 5 aromatic rings. The highest BCUT2D eigenvalue weighted by Gasteiger charge is 2.16. The van der Waals surface area contributed by atoms with Crippen molar-refractivity contribution in [2.45, 2.75) is 24.2 Å². The molecule has 33 heavy (non-hydrogen) atoms. The fourth-order valence-electron chi connectivity index (χ4n) is 3.63. The van der Waals surface area contributed by atoms with Gasteiger partial charge in [0.1, 0.15) is 28.0 Å². The van der Waals surface area contributed by atoms with E-state index in [1.165, 1.54) is 16.3 Å². The summed E-state index contributed by atoms with van der Waals surface area (Å²) in [5.41, 5.74) is 6.85. The Labute approximate surface area is 197 Å². The third-order valence-corrected chi connectivity index (χ3v) is 7.19. The Bertz CT molecular complexity index is 1560. The molecule has 0 unspecified atom stereocenters. The summed E-state index contributed by atoms with van der Waals surface area (Å²) in [4.78, 5) is 40.6. The van der Waals surface area contributed by atoms with Gasteiger partial charge in [0.15, 0.2) is 0 Å². The summed E-state index contributed by atoms with van der Waals surface area (Å²) in [6.45, 7) is 1.64. The van der Waals surface area contributed by atoms with Crippen molar-refractivity contribution in [3.8, 4) is 10.4 Å². The largest absolute Gasteiger partial charge is 0.368 e. The van der Waals surface area contributed by atoms with E-state index in [0.717, 1.165) is 25.7 Å². The molecule has 0 saturated heterocycles. The number of amides is 1. The number of benzene rings is 2. The maximum Gasteiger partial charge on any atom is 0.261 e. The van der Waals surface area contributed by atoms with E-state index in [1.54, 1.807) is 29.5 Å². The third kappa shape index (κ3) is 4.24. The number of carbonyl (C=O) groups excluding carboxylic acids is 1. The molecular weight excluding hydrogens is 454 g/mol. The number of nitrogens with zero attached hydrogens (tertiary/aromatic N) is 4. The van der Waals surface area contributed by atoms with E-state index in [9.17, 15) is 9.59 Å². The van der Waals surface area contributed by atoms with Gasteiger partial charge < -0.3 is 5.73 Å². The molecule has 3 aromatic heterocycles. The predicted molar refractivity (Wildman–Crippen MR) is 132 cm³/mol. The Balaban J connectivity index is 1.55. The zero-order valence-corrected chi connectivity index (χ0v) is 19.3. The zero-order valence-electron chi connectivity index (χ0n) is 17.7. The van der Waals surface area contributed by atoms with Gasteiger partial charge >= 0.3 is 0 Å². The predicted octanol–water partition coefficient (Wildman–Crippen LogP) is 4.15. The van der Waals surface area contributed by atoms with E-state index in [-0.39, 0.29) is 12.1 Å². The second-order valence-electron chi connectivity index (χ2n) is 7.46. The number of aryl methyl sites for hydroxylation is 1. The molecule has 0 bridgehead atoms. The van der Waals surface area contributed by atoms with Crippen LogP contribution in [0.25, 0.3) is 31.6 Å². The SMILES string of the molecule is Cc1nc(SCc2nc3ccccc3c(=O)n2CC(N)=O)c2cc(-c3ccccc3)sc2n1. The van der Waals surface area contributed by atoms with Crippen LogP contribution in [0.15, 0.2) is 70.5 Å². The number of thiophene rings is 1. The average Bonchev–Trinajstić information content (AvgIpc) is 3.24. The number of primary amides is 1. The van der Waals surface area contributed by atoms with Crippen LogP contribution >= 0.6 is 23.1 Å². The number of hydrogen-bond acceptors (Lipinski definition) is 7. The lowest BCUT2D eigenvalue weighted by atomic mass is 10.2. The smallest absolute Gasteiger partial charge is 0.261 e. The molecule has 0 saturated carbocycles. The summed E-state index contributed by atoms with van der Waals surface area (Å²) in [5, 5.41) is 2.22. The van der Waals surface area contributed by atoms with Gasteiger partial charge in [-0.3, -0.25) is 14.2 Å². The monoisotopic (exact) mass is 473 g/mol. The lowest BCUT2D eigenvalue weighted by Gasteiger charge is -2.12. The highest BCUT2D eigenvalue weighted by Crippen LogP contribution is 2.37. The summed E-state index contributed by atoms with van der Waals surface area (Å²) < 4.78 is 1.35. The van der Waals surface area contributed by atoms with Crippen molar-refractivity contribution in [3.63, 3.8) is 0 Å². The van der Waals surface area contributed by atoms with Crippen molar-refractivity contribution in [1.29, 1.82) is 0 Å². The molecule has 0 aliphatic carbocycles. The Morgan fingerprint density at radius 1 is 1.03 bits per heavy atom. The molecule has 7 nitrogen and oxygen atoms in total. The van der Waals surface area contributed by atoms with Gasteiger partial charge in [-0.25, -0.2) is 15.0 Å². The molecule has 0 radical (unpaired) electrons. The van der Waals surface area contributed by atoms with E-state index in [4.69, 9.17) is 5.73 Å². The maximum absolute atomic E-state index is 13.0. The highest BCUT2D eigenvalue weighted by molar-refractivity contribution is 7.98. The van der Waals surface area contributed by atoms with Crippen LogP contribution in [0.3, 0.4) is 0 Å². The molecule has 3 heterocycles. The van der Waals surface area contributed by atoms with Gasteiger partial charge in [-0.05, 0) is 30.7 Å². The van der Waals surface area contributed by atoms with Crippen LogP contribution < -0.4 is 11.3 Å². The quantitative estimate of drug-likeness (QED) is 0.293. The fraction of sp³-hybridized carbons (Fsp3) is 0.125. The molecule has 0 fully saturated rings. The molecule has 2 N–H and O–H groups in total. The second kappa shape index (κ2) is 8.76. The van der Waals surface area contributed by atoms with E-state index >= 15 is 0 Å². The van der Waals surface area contributed by atoms with Gasteiger partial charge in [-0.15, -0.1) is 11.3 Å². The number of carbonyl (C=O) groups is 1. The summed E-state index contributed by atoms with van der Waals surface area (Å²) in [7, 11) is 0. The van der Waals surface area contributed by atoms with Crippen molar-refractivity contribution in [1.82, 2.24) is 19.5 Å². The summed E-state index contributed by atoms with van der Waals surface area (Å²) in [5.74, 6) is 0.916. The van der Waals surface area contributed by atoms with Gasteiger partial charge in [0.05, 0.1) is 16.7 Å². The molecule has 2 aromatic carbocycles. The van der Waals surface area contributed by atoms with Crippen molar-refractivity contribution in [2.75, 3.05) is 0 Å². The van der Waals surface area contributed by atoms with Crippen LogP contribution in [-0.4, -0.2) is 25.4 Å². The summed E-state index contributed by atoms with van der Waals surface area (Å²) >= 11 is 3.09. The van der Waals surface area contributed by atoms with Gasteiger partial charge in [0.25, 0.3) is 5.56 Å². The number of nitrogens with two attached hydrogens (primary N) is 1. The topological polar surface area (TPSA) is 104 Å². The number of fused-ring (bicyclic) bond motifs is 2. The normalized spacial score (nSPS) is 11.3. The minimum absolute atomic E-state index is 0.221. The van der Waals surface area contributed by atoms with Crippen molar-refractivity contribution in [3.05, 3.63) is 82.7 Å². The van der Waals surface area contributed by atoms with Crippen molar-refractivity contribution >= 4 is 50.1 Å². The number of hydrogen-bond donors (Lipinski definition) is 1. The van der Waals surface area contributed by atoms with Gasteiger partial charge in [-0.1, -0.05) is 54.2 Å². The second-order valence-corrected chi connectivity index (χ2v) is 9.46. The number of aromatic nitrogens is 4. The highest BCUT2D eigenvalue weighted by atomic mass is 32.2. The van der Waals surface area contributed by atoms with Crippen LogP contribution in [0.5, 0.6) is 0 Å². The van der Waals surface area contributed by atoms with Gasteiger partial charge in [0, 0.05) is 10.3 Å². The minimum atomic E-state index is -0.592. The number of rotatable bonds is 6. The van der Waals surface area contributed by atoms with Crippen LogP contribution in [0, 0.1) is 6.92 Å². The molecular formula is C24H19N5O2S2. The molecule has 0 aliphatic rings. The Hall–Kier alpha value is -3.56. The molecule has 1 amide bonds. The minimum Gasteiger partial charge on any atom is -0.368 e. The first-order chi connectivity index (χ1) is 16.0. The Morgan fingerprint density at radius 3 is 2.58 bits per heavy atom. The van der Waals surface area contributed by atoms with E-state index in [1.807, 2.05) is 31.2 Å². The lowest BCUT2D eigenvalue weighted by molar-refractivity contribution is -0.118. The zero-order chi connectivity index (χ0) is 22.9. The standard InChI is InChI=1S/C24H19N5O2S2/c1-14-26-22(17-11-19(33-23(17)27-14)15-7-3-2-4-8-15)32-13-21-28-18-10-6-5-9-16(18)24(31)29(21)12-20(25)30/h2-11H,12-13H2,1H3,(H2,25,30). The summed E-state index contributed by atoms with van der Waals surface area (Å²) in [6, 6.07) is 19.3. The van der Waals surface area contributed by atoms with Gasteiger partial charge in [0.2, 0.25) is 5.91 Å². The number of para-hydroxylation sites is 1.